The van der Waals surface area contributed by atoms with Crippen LogP contribution in [0, 0.1) is 5.92 Å². The maximum atomic E-state index is 12.6. The molecule has 0 aromatic heterocycles. The van der Waals surface area contributed by atoms with Crippen LogP contribution >= 0.6 is 11.6 Å². The molecule has 0 aliphatic rings. The molecule has 2 atom stereocenters. The highest BCUT2D eigenvalue weighted by Crippen LogP contribution is 2.22. The lowest BCUT2D eigenvalue weighted by atomic mass is 10.0. The summed E-state index contributed by atoms with van der Waals surface area (Å²) in [6.45, 7) is 5.62. The van der Waals surface area contributed by atoms with Gasteiger partial charge in [-0.15, -0.1) is 0 Å². The lowest BCUT2D eigenvalue weighted by molar-refractivity contribution is -0.175. The highest BCUT2D eigenvalue weighted by Gasteiger charge is 2.25. The van der Waals surface area contributed by atoms with Crippen molar-refractivity contribution in [3.8, 4) is 0 Å². The van der Waals surface area contributed by atoms with Crippen molar-refractivity contribution in [1.29, 1.82) is 0 Å². The second-order valence-electron chi connectivity index (χ2n) is 8.19. The van der Waals surface area contributed by atoms with E-state index in [-0.39, 0.29) is 37.8 Å². The van der Waals surface area contributed by atoms with Crippen molar-refractivity contribution >= 4 is 29.6 Å². The second-order valence-corrected chi connectivity index (χ2v) is 8.63. The van der Waals surface area contributed by atoms with E-state index >= 15 is 0 Å². The molecule has 0 fully saturated rings. The molecule has 2 rings (SSSR count). The van der Waals surface area contributed by atoms with Gasteiger partial charge < -0.3 is 19.5 Å². The Morgan fingerprint density at radius 3 is 2.21 bits per heavy atom. The summed E-state index contributed by atoms with van der Waals surface area (Å²) in [6.07, 6.45) is -0.519. The fourth-order valence-electron chi connectivity index (χ4n) is 3.06. The highest BCUT2D eigenvalue weighted by molar-refractivity contribution is 6.30. The fraction of sp³-hybridized carbons (Fsp3) is 0.423. The summed E-state index contributed by atoms with van der Waals surface area (Å²) in [6, 6.07) is 15.8. The number of rotatable bonds is 12. The molecule has 2 aromatic rings. The minimum atomic E-state index is -1.01. The van der Waals surface area contributed by atoms with Gasteiger partial charge in [-0.2, -0.15) is 0 Å². The number of esters is 2. The minimum absolute atomic E-state index is 0.0828. The number of hydrogen-bond acceptors (Lipinski definition) is 6. The number of alkyl carbamates (subject to hydrolysis) is 1. The standard InChI is InChI=1S/C26H32ClNO6/c1-4-8-24(30)33-25(18(2)3)34-26(31)28-22(20-11-13-21(27)14-12-20)15-16-23(29)32-17-19-9-6-5-7-10-19/h5-7,9-14,18,22,25H,4,8,15-17H2,1-3H3,(H,28,31). The lowest BCUT2D eigenvalue weighted by Gasteiger charge is -2.24. The van der Waals surface area contributed by atoms with Crippen molar-refractivity contribution in [3.05, 3.63) is 70.7 Å². The van der Waals surface area contributed by atoms with Crippen LogP contribution in [0.4, 0.5) is 4.79 Å². The van der Waals surface area contributed by atoms with Crippen LogP contribution < -0.4 is 5.32 Å². The van der Waals surface area contributed by atoms with E-state index in [2.05, 4.69) is 5.32 Å². The van der Waals surface area contributed by atoms with Crippen LogP contribution in [0.25, 0.3) is 0 Å². The molecule has 0 radical (unpaired) electrons. The van der Waals surface area contributed by atoms with E-state index in [1.165, 1.54) is 0 Å². The molecule has 0 aliphatic heterocycles. The summed E-state index contributed by atoms with van der Waals surface area (Å²) in [4.78, 5) is 36.8. The van der Waals surface area contributed by atoms with Crippen LogP contribution in [0.5, 0.6) is 0 Å². The Labute approximate surface area is 205 Å². The van der Waals surface area contributed by atoms with Crippen LogP contribution in [-0.4, -0.2) is 24.3 Å². The zero-order valence-electron chi connectivity index (χ0n) is 19.8. The van der Waals surface area contributed by atoms with Crippen LogP contribution in [0.1, 0.15) is 63.6 Å². The van der Waals surface area contributed by atoms with Gasteiger partial charge in [-0.25, -0.2) is 4.79 Å². The lowest BCUT2D eigenvalue weighted by Crippen LogP contribution is -2.36. The molecular weight excluding hydrogens is 458 g/mol. The number of amides is 1. The smallest absolute Gasteiger partial charge is 0.410 e. The zero-order valence-corrected chi connectivity index (χ0v) is 20.5. The van der Waals surface area contributed by atoms with Gasteiger partial charge in [-0.1, -0.05) is 74.8 Å². The molecule has 7 nitrogen and oxygen atoms in total. The van der Waals surface area contributed by atoms with Crippen LogP contribution in [0.15, 0.2) is 54.6 Å². The molecule has 0 bridgehead atoms. The van der Waals surface area contributed by atoms with Crippen LogP contribution in [0.2, 0.25) is 5.02 Å². The van der Waals surface area contributed by atoms with Crippen molar-refractivity contribution in [2.24, 2.45) is 5.92 Å². The third kappa shape index (κ3) is 9.83. The van der Waals surface area contributed by atoms with Gasteiger partial charge >= 0.3 is 18.0 Å². The molecule has 34 heavy (non-hydrogen) atoms. The van der Waals surface area contributed by atoms with Gasteiger partial charge in [0.2, 0.25) is 0 Å². The van der Waals surface area contributed by atoms with Crippen molar-refractivity contribution in [2.45, 2.75) is 65.4 Å². The van der Waals surface area contributed by atoms with Gasteiger partial charge in [0.05, 0.1) is 6.04 Å². The Hall–Kier alpha value is -3.06. The molecule has 2 unspecified atom stereocenters. The average molecular weight is 490 g/mol. The zero-order chi connectivity index (χ0) is 24.9. The van der Waals surface area contributed by atoms with E-state index in [1.54, 1.807) is 38.1 Å². The van der Waals surface area contributed by atoms with Crippen LogP contribution in [-0.2, 0) is 30.4 Å². The van der Waals surface area contributed by atoms with E-state index in [0.29, 0.717) is 11.4 Å². The van der Waals surface area contributed by atoms with Gasteiger partial charge in [-0.05, 0) is 36.1 Å². The summed E-state index contributed by atoms with van der Waals surface area (Å²) in [5.74, 6) is -1.04. The number of halogens is 1. The summed E-state index contributed by atoms with van der Waals surface area (Å²) < 4.78 is 16.0. The minimum Gasteiger partial charge on any atom is -0.461 e. The van der Waals surface area contributed by atoms with Gasteiger partial charge in [0.1, 0.15) is 6.61 Å². The summed E-state index contributed by atoms with van der Waals surface area (Å²) >= 11 is 5.99. The van der Waals surface area contributed by atoms with E-state index in [0.717, 1.165) is 11.1 Å². The van der Waals surface area contributed by atoms with Crippen molar-refractivity contribution in [2.75, 3.05) is 0 Å². The van der Waals surface area contributed by atoms with Gasteiger partial charge in [-0.3, -0.25) is 9.59 Å². The molecule has 8 heteroatoms. The molecule has 184 valence electrons. The first kappa shape index (κ1) is 27.2. The van der Waals surface area contributed by atoms with E-state index in [4.69, 9.17) is 25.8 Å². The number of benzene rings is 2. The molecule has 0 saturated heterocycles. The Kier molecular flexibility index (Phi) is 11.4. The number of carbonyl (C=O) groups is 3. The SMILES string of the molecule is CCCC(=O)OC(OC(=O)NC(CCC(=O)OCc1ccccc1)c1ccc(Cl)cc1)C(C)C. The van der Waals surface area contributed by atoms with Gasteiger partial charge in [0.25, 0.3) is 6.29 Å². The molecule has 2 aromatic carbocycles. The largest absolute Gasteiger partial charge is 0.461 e. The number of nitrogens with one attached hydrogen (secondary N) is 1. The van der Waals surface area contributed by atoms with E-state index in [9.17, 15) is 14.4 Å². The first-order chi connectivity index (χ1) is 16.3. The third-order valence-electron chi connectivity index (χ3n) is 4.91. The van der Waals surface area contributed by atoms with Crippen LogP contribution in [0.3, 0.4) is 0 Å². The summed E-state index contributed by atoms with van der Waals surface area (Å²) in [7, 11) is 0. The second kappa shape index (κ2) is 14.3. The van der Waals surface area contributed by atoms with Crippen molar-refractivity contribution in [1.82, 2.24) is 5.32 Å². The predicted octanol–water partition coefficient (Wildman–Crippen LogP) is 5.96. The number of carbonyl (C=O) groups excluding carboxylic acids is 3. The molecule has 0 spiro atoms. The fourth-order valence-corrected chi connectivity index (χ4v) is 3.19. The first-order valence-electron chi connectivity index (χ1n) is 11.4. The quantitative estimate of drug-likeness (QED) is 0.292. The highest BCUT2D eigenvalue weighted by atomic mass is 35.5. The van der Waals surface area contributed by atoms with E-state index in [1.807, 2.05) is 37.3 Å². The normalized spacial score (nSPS) is 12.5. The average Bonchev–Trinajstić information content (AvgIpc) is 2.81. The number of ether oxygens (including phenoxy) is 3. The first-order valence-corrected chi connectivity index (χ1v) is 11.8. The van der Waals surface area contributed by atoms with Gasteiger partial charge in [0, 0.05) is 23.8 Å². The maximum absolute atomic E-state index is 12.6. The molecule has 0 heterocycles. The van der Waals surface area contributed by atoms with Gasteiger partial charge in [0.15, 0.2) is 0 Å². The topological polar surface area (TPSA) is 90.9 Å². The maximum Gasteiger partial charge on any atom is 0.410 e. The monoisotopic (exact) mass is 489 g/mol. The van der Waals surface area contributed by atoms with Crippen molar-refractivity contribution in [3.63, 3.8) is 0 Å². The Morgan fingerprint density at radius 1 is 0.912 bits per heavy atom. The molecule has 1 N–H and O–H groups in total. The third-order valence-corrected chi connectivity index (χ3v) is 5.17. The molecule has 1 amide bonds. The summed E-state index contributed by atoms with van der Waals surface area (Å²) in [5, 5.41) is 3.32. The molecule has 0 aliphatic carbocycles. The Morgan fingerprint density at radius 2 is 1.59 bits per heavy atom. The van der Waals surface area contributed by atoms with E-state index < -0.39 is 24.4 Å². The Bertz CT molecular complexity index is 917. The Balaban J connectivity index is 1.99. The van der Waals surface area contributed by atoms with Crippen molar-refractivity contribution < 1.29 is 28.6 Å². The molecule has 0 saturated carbocycles. The molecular formula is C26H32ClNO6. The predicted molar refractivity (Wildman–Crippen MR) is 129 cm³/mol. The summed E-state index contributed by atoms with van der Waals surface area (Å²) in [5.41, 5.74) is 1.64. The number of hydrogen-bond donors (Lipinski definition) is 1.